The van der Waals surface area contributed by atoms with Crippen molar-refractivity contribution >= 4 is 34.0 Å². The summed E-state index contributed by atoms with van der Waals surface area (Å²) in [7, 11) is 0. The number of aryl methyl sites for hydroxylation is 1. The molecular formula is C27H22F3O2P. The normalized spacial score (nSPS) is 13.0. The van der Waals surface area contributed by atoms with Crippen LogP contribution in [0, 0.1) is 6.92 Å². The molecule has 0 N–H and O–H groups in total. The first-order valence-electron chi connectivity index (χ1n) is 10.4. The third-order valence-corrected chi connectivity index (χ3v) is 11.6. The summed E-state index contributed by atoms with van der Waals surface area (Å²) in [6, 6.07) is 33.5. The average molecular weight is 466 g/mol. The summed E-state index contributed by atoms with van der Waals surface area (Å²) in [6.45, 7) is -2.84. The first-order valence-corrected chi connectivity index (χ1v) is 12.5. The van der Waals surface area contributed by atoms with Gasteiger partial charge in [-0.15, -0.1) is 0 Å². The van der Waals surface area contributed by atoms with Gasteiger partial charge in [0.25, 0.3) is 0 Å². The van der Waals surface area contributed by atoms with Crippen LogP contribution in [0.5, 0.6) is 0 Å². The molecule has 0 aliphatic rings. The van der Waals surface area contributed by atoms with E-state index in [0.717, 1.165) is 5.56 Å². The van der Waals surface area contributed by atoms with Gasteiger partial charge in [0, 0.05) is 0 Å². The van der Waals surface area contributed by atoms with Crippen LogP contribution in [0.1, 0.15) is 5.56 Å². The van der Waals surface area contributed by atoms with Gasteiger partial charge in [0.15, 0.2) is 0 Å². The van der Waals surface area contributed by atoms with Crippen LogP contribution in [0.3, 0.4) is 0 Å². The maximum atomic E-state index is 13.9. The van der Waals surface area contributed by atoms with Gasteiger partial charge >= 0.3 is 190 Å². The number of hydrogen-bond acceptors (Lipinski definition) is 2. The third kappa shape index (κ3) is 3.53. The molecule has 0 bridgehead atoms. The van der Waals surface area contributed by atoms with Gasteiger partial charge in [0.05, 0.1) is 0 Å². The number of benzene rings is 4. The minimum absolute atomic E-state index is 0.507. The van der Waals surface area contributed by atoms with Gasteiger partial charge in [-0.3, -0.25) is 0 Å². The number of rotatable bonds is 5. The van der Waals surface area contributed by atoms with Gasteiger partial charge in [0.1, 0.15) is 0 Å². The fourth-order valence-electron chi connectivity index (χ4n) is 4.47. The van der Waals surface area contributed by atoms with E-state index in [2.05, 4.69) is 0 Å². The number of carbonyl (C=O) groups excluding carboxylic acids is 1. The van der Waals surface area contributed by atoms with E-state index in [1.165, 1.54) is 0 Å². The summed E-state index contributed by atoms with van der Waals surface area (Å²) in [5.74, 6) is -2.22. The van der Waals surface area contributed by atoms with Gasteiger partial charge in [-0.05, 0) is 0 Å². The Morgan fingerprint density at radius 3 is 1.36 bits per heavy atom. The second-order valence-corrected chi connectivity index (χ2v) is 12.0. The second kappa shape index (κ2) is 8.49. The van der Waals surface area contributed by atoms with Crippen LogP contribution in [0.25, 0.3) is 0 Å². The fourth-order valence-corrected chi connectivity index (χ4v) is 10.4. The SMILES string of the molecule is Cc1ccccc1P(OC(=O)C(F)(F)F)(c1ccccc1)(c1ccccc1)c1ccccc1. The Hall–Kier alpha value is -3.43. The molecule has 0 spiro atoms. The number of hydrogen-bond donors (Lipinski definition) is 0. The molecule has 2 nitrogen and oxygen atoms in total. The number of carbonyl (C=O) groups is 1. The summed E-state index contributed by atoms with van der Waals surface area (Å²) < 4.78 is 47.6. The molecule has 33 heavy (non-hydrogen) atoms. The summed E-state index contributed by atoms with van der Waals surface area (Å²) >= 11 is 0. The summed E-state index contributed by atoms with van der Waals surface area (Å²) in [5, 5.41) is 2.07. The Labute approximate surface area is 190 Å². The van der Waals surface area contributed by atoms with E-state index in [1.807, 2.05) is 19.1 Å². The standard InChI is InChI=1S/C27H22F3O2P/c1-21-13-11-12-20-25(21)33(22-14-5-2-6-15-22,23-16-7-3-8-17-23,24-18-9-4-10-19-24)32-26(31)27(28,29)30/h2-20H,1H3. The molecule has 0 aliphatic carbocycles. The quantitative estimate of drug-likeness (QED) is 0.380. The molecule has 4 rings (SSSR count). The van der Waals surface area contributed by atoms with Crippen molar-refractivity contribution in [2.45, 2.75) is 13.1 Å². The average Bonchev–Trinajstić information content (AvgIpc) is 2.84. The van der Waals surface area contributed by atoms with Crippen LogP contribution in [0.15, 0.2) is 115 Å². The summed E-state index contributed by atoms with van der Waals surface area (Å²) in [4.78, 5) is 12.8. The fraction of sp³-hybridized carbons (Fsp3) is 0.0741. The van der Waals surface area contributed by atoms with E-state index in [9.17, 15) is 18.0 Å². The van der Waals surface area contributed by atoms with Gasteiger partial charge in [-0.2, -0.15) is 0 Å². The van der Waals surface area contributed by atoms with Crippen LogP contribution in [0.2, 0.25) is 0 Å². The van der Waals surface area contributed by atoms with Crippen molar-refractivity contribution in [2.24, 2.45) is 0 Å². The second-order valence-electron chi connectivity index (χ2n) is 7.71. The molecule has 4 aromatic rings. The van der Waals surface area contributed by atoms with Crippen LogP contribution >= 0.6 is 6.83 Å². The zero-order valence-electron chi connectivity index (χ0n) is 17.9. The predicted octanol–water partition coefficient (Wildman–Crippen LogP) is 5.17. The van der Waals surface area contributed by atoms with Crippen molar-refractivity contribution in [3.63, 3.8) is 0 Å². The molecule has 0 aromatic heterocycles. The van der Waals surface area contributed by atoms with Crippen LogP contribution < -0.4 is 21.2 Å². The predicted molar refractivity (Wildman–Crippen MR) is 128 cm³/mol. The molecule has 6 heteroatoms. The van der Waals surface area contributed by atoms with E-state index in [-0.39, 0.29) is 0 Å². The molecule has 4 aromatic carbocycles. The maximum absolute atomic E-state index is 13.9. The Kier molecular flexibility index (Phi) is 5.85. The summed E-state index contributed by atoms with van der Waals surface area (Å²) in [5.41, 5.74) is 0.724. The van der Waals surface area contributed by atoms with E-state index in [1.54, 1.807) is 103 Å². The molecule has 0 fully saturated rings. The van der Waals surface area contributed by atoms with Crippen molar-refractivity contribution in [1.29, 1.82) is 0 Å². The van der Waals surface area contributed by atoms with Gasteiger partial charge < -0.3 is 0 Å². The van der Waals surface area contributed by atoms with Crippen LogP contribution in [0.4, 0.5) is 13.2 Å². The first-order chi connectivity index (χ1) is 15.8. The molecule has 0 aliphatic heterocycles. The van der Waals surface area contributed by atoms with Crippen molar-refractivity contribution in [3.8, 4) is 0 Å². The number of alkyl halides is 3. The molecule has 0 radical (unpaired) electrons. The zero-order valence-corrected chi connectivity index (χ0v) is 18.8. The monoisotopic (exact) mass is 466 g/mol. The molecule has 0 saturated heterocycles. The Morgan fingerprint density at radius 2 is 1.00 bits per heavy atom. The van der Waals surface area contributed by atoms with Crippen molar-refractivity contribution in [3.05, 3.63) is 121 Å². The van der Waals surface area contributed by atoms with E-state index >= 15 is 0 Å². The summed E-state index contributed by atoms with van der Waals surface area (Å²) in [6.07, 6.45) is -5.18. The Morgan fingerprint density at radius 1 is 0.636 bits per heavy atom. The van der Waals surface area contributed by atoms with Crippen molar-refractivity contribution in [2.75, 3.05) is 0 Å². The van der Waals surface area contributed by atoms with Crippen molar-refractivity contribution < 1.29 is 22.5 Å². The van der Waals surface area contributed by atoms with Gasteiger partial charge in [0.2, 0.25) is 0 Å². The van der Waals surface area contributed by atoms with E-state index in [4.69, 9.17) is 4.52 Å². The first kappa shape index (κ1) is 22.8. The third-order valence-electron chi connectivity index (χ3n) is 5.82. The molecule has 0 heterocycles. The topological polar surface area (TPSA) is 26.3 Å². The van der Waals surface area contributed by atoms with Gasteiger partial charge in [-0.1, -0.05) is 0 Å². The van der Waals surface area contributed by atoms with Crippen LogP contribution in [-0.4, -0.2) is 12.1 Å². The molecule has 0 amide bonds. The van der Waals surface area contributed by atoms with Crippen molar-refractivity contribution in [1.82, 2.24) is 0 Å². The van der Waals surface area contributed by atoms with Crippen LogP contribution in [-0.2, 0) is 9.32 Å². The van der Waals surface area contributed by atoms with Gasteiger partial charge in [-0.25, -0.2) is 0 Å². The Bertz CT molecular complexity index is 1160. The molecular weight excluding hydrogens is 444 g/mol. The number of halogens is 3. The minimum atomic E-state index is -5.18. The molecule has 0 unspecified atom stereocenters. The zero-order chi connectivity index (χ0) is 23.6. The molecule has 0 saturated carbocycles. The van der Waals surface area contributed by atoms with E-state index in [0.29, 0.717) is 21.2 Å². The van der Waals surface area contributed by atoms with E-state index < -0.39 is 19.0 Å². The molecule has 168 valence electrons. The molecule has 0 atom stereocenters. The Balaban J connectivity index is 2.33.